The van der Waals surface area contributed by atoms with E-state index in [2.05, 4.69) is 10.2 Å². The van der Waals surface area contributed by atoms with E-state index in [0.29, 0.717) is 5.69 Å². The number of nitrogens with zero attached hydrogens (tertiary/aromatic N) is 1. The van der Waals surface area contributed by atoms with Crippen molar-refractivity contribution >= 4 is 23.3 Å². The molecule has 2 rings (SSSR count). The van der Waals surface area contributed by atoms with Crippen LogP contribution < -0.4 is 5.56 Å². The predicted octanol–water partition coefficient (Wildman–Crippen LogP) is 1.68. The topological polar surface area (TPSA) is 68.8 Å². The van der Waals surface area contributed by atoms with Crippen LogP contribution in [0.3, 0.4) is 0 Å². The van der Waals surface area contributed by atoms with Gasteiger partial charge in [0, 0.05) is 12.1 Å². The molecule has 0 amide bonds. The molecule has 1 atom stereocenters. The van der Waals surface area contributed by atoms with Crippen molar-refractivity contribution < 1.29 is 4.55 Å². The minimum Gasteiger partial charge on any atom is -0.612 e. The molecule has 1 N–H and O–H groups in total. The van der Waals surface area contributed by atoms with Gasteiger partial charge < -0.3 is 4.55 Å². The zero-order chi connectivity index (χ0) is 13.0. The fourth-order valence-electron chi connectivity index (χ4n) is 1.43. The van der Waals surface area contributed by atoms with Gasteiger partial charge in [0.1, 0.15) is 6.26 Å². The highest BCUT2D eigenvalue weighted by atomic mass is 32.2. The summed E-state index contributed by atoms with van der Waals surface area (Å²) >= 11 is -0.987. The van der Waals surface area contributed by atoms with Gasteiger partial charge in [-0.15, -0.1) is 0 Å². The molecule has 0 saturated carbocycles. The van der Waals surface area contributed by atoms with Crippen LogP contribution in [0.5, 0.6) is 0 Å². The standard InChI is InChI=1S/C13H12N2O2S/c1-18(17)12-4-2-3-10(9-12)5-6-11-7-8-13(16)15-14-11/h2-9H,1H3,(H,15,16). The number of hydrogen-bond acceptors (Lipinski definition) is 3. The Labute approximate surface area is 108 Å². The Bertz CT molecular complexity index is 600. The van der Waals surface area contributed by atoms with E-state index >= 15 is 0 Å². The summed E-state index contributed by atoms with van der Waals surface area (Å²) < 4.78 is 11.3. The number of aromatic nitrogens is 2. The Morgan fingerprint density at radius 1 is 1.28 bits per heavy atom. The van der Waals surface area contributed by atoms with Crippen LogP contribution in [0.2, 0.25) is 0 Å². The van der Waals surface area contributed by atoms with Crippen molar-refractivity contribution in [2.45, 2.75) is 4.90 Å². The van der Waals surface area contributed by atoms with Crippen LogP contribution in [0.1, 0.15) is 11.3 Å². The van der Waals surface area contributed by atoms with Gasteiger partial charge >= 0.3 is 0 Å². The first-order valence-electron chi connectivity index (χ1n) is 5.32. The molecule has 0 radical (unpaired) electrons. The summed E-state index contributed by atoms with van der Waals surface area (Å²) in [6.07, 6.45) is 5.29. The Morgan fingerprint density at radius 3 is 2.78 bits per heavy atom. The lowest BCUT2D eigenvalue weighted by molar-refractivity contribution is 0.601. The van der Waals surface area contributed by atoms with Gasteiger partial charge in [-0.3, -0.25) is 4.79 Å². The Hall–Kier alpha value is -1.85. The maximum Gasteiger partial charge on any atom is 0.264 e. The molecule has 1 heterocycles. The van der Waals surface area contributed by atoms with Crippen LogP contribution in [0.25, 0.3) is 12.2 Å². The minimum atomic E-state index is -0.987. The van der Waals surface area contributed by atoms with Gasteiger partial charge in [-0.05, 0) is 34.9 Å². The van der Waals surface area contributed by atoms with Gasteiger partial charge in [0.25, 0.3) is 5.56 Å². The third-order valence-corrected chi connectivity index (χ3v) is 3.26. The second-order valence-corrected chi connectivity index (χ2v) is 5.09. The molecule has 0 spiro atoms. The first-order valence-corrected chi connectivity index (χ1v) is 6.88. The Morgan fingerprint density at radius 2 is 2.11 bits per heavy atom. The second kappa shape index (κ2) is 5.66. The van der Waals surface area contributed by atoms with E-state index in [9.17, 15) is 9.35 Å². The van der Waals surface area contributed by atoms with Crippen molar-refractivity contribution in [1.82, 2.24) is 10.2 Å². The largest absolute Gasteiger partial charge is 0.612 e. The van der Waals surface area contributed by atoms with Crippen molar-refractivity contribution in [1.29, 1.82) is 0 Å². The molecule has 4 nitrogen and oxygen atoms in total. The number of aromatic amines is 1. The first-order chi connectivity index (χ1) is 8.65. The Balaban J connectivity index is 2.20. The van der Waals surface area contributed by atoms with E-state index in [1.54, 1.807) is 18.4 Å². The highest BCUT2D eigenvalue weighted by molar-refractivity contribution is 7.90. The van der Waals surface area contributed by atoms with Crippen molar-refractivity contribution in [2.75, 3.05) is 6.26 Å². The smallest absolute Gasteiger partial charge is 0.264 e. The van der Waals surface area contributed by atoms with E-state index in [0.717, 1.165) is 10.5 Å². The van der Waals surface area contributed by atoms with Crippen LogP contribution in [0.15, 0.2) is 46.1 Å². The molecule has 1 unspecified atom stereocenters. The quantitative estimate of drug-likeness (QED) is 0.854. The van der Waals surface area contributed by atoms with Crippen molar-refractivity contribution in [3.05, 3.63) is 58.0 Å². The average molecular weight is 260 g/mol. The number of rotatable bonds is 3. The summed E-state index contributed by atoms with van der Waals surface area (Å²) in [6.45, 7) is 0. The van der Waals surface area contributed by atoms with E-state index in [4.69, 9.17) is 0 Å². The zero-order valence-corrected chi connectivity index (χ0v) is 10.6. The van der Waals surface area contributed by atoms with Gasteiger partial charge in [0.05, 0.1) is 5.69 Å². The molecule has 0 aliphatic heterocycles. The molecular weight excluding hydrogens is 248 g/mol. The highest BCUT2D eigenvalue weighted by Gasteiger charge is 2.02. The molecule has 2 aromatic rings. The molecule has 0 aliphatic carbocycles. The van der Waals surface area contributed by atoms with E-state index in [-0.39, 0.29) is 5.56 Å². The van der Waals surface area contributed by atoms with Gasteiger partial charge in [-0.25, -0.2) is 5.10 Å². The summed E-state index contributed by atoms with van der Waals surface area (Å²) in [5.41, 5.74) is 1.38. The number of nitrogens with one attached hydrogen (secondary N) is 1. The fraction of sp³-hybridized carbons (Fsp3) is 0.0769. The van der Waals surface area contributed by atoms with E-state index in [1.807, 2.05) is 30.3 Å². The fourth-order valence-corrected chi connectivity index (χ4v) is 2.00. The maximum atomic E-state index is 11.3. The zero-order valence-electron chi connectivity index (χ0n) is 9.79. The lowest BCUT2D eigenvalue weighted by Crippen LogP contribution is -2.05. The third kappa shape index (κ3) is 3.32. The minimum absolute atomic E-state index is 0.226. The second-order valence-electron chi connectivity index (χ2n) is 3.71. The van der Waals surface area contributed by atoms with Crippen molar-refractivity contribution in [2.24, 2.45) is 0 Å². The molecule has 1 aromatic heterocycles. The highest BCUT2D eigenvalue weighted by Crippen LogP contribution is 2.13. The number of benzene rings is 1. The van der Waals surface area contributed by atoms with Crippen LogP contribution in [0.4, 0.5) is 0 Å². The lowest BCUT2D eigenvalue weighted by Gasteiger charge is -2.04. The summed E-state index contributed by atoms with van der Waals surface area (Å²) in [5, 5.41) is 6.23. The van der Waals surface area contributed by atoms with Gasteiger partial charge in [-0.2, -0.15) is 5.10 Å². The molecule has 18 heavy (non-hydrogen) atoms. The van der Waals surface area contributed by atoms with Crippen molar-refractivity contribution in [3.8, 4) is 0 Å². The molecular formula is C13H12N2O2S. The summed E-state index contributed by atoms with van der Waals surface area (Å²) in [6, 6.07) is 10.5. The molecule has 0 fully saturated rings. The lowest BCUT2D eigenvalue weighted by atomic mass is 10.2. The maximum absolute atomic E-state index is 11.3. The van der Waals surface area contributed by atoms with E-state index < -0.39 is 11.2 Å². The van der Waals surface area contributed by atoms with Crippen LogP contribution in [-0.2, 0) is 11.2 Å². The average Bonchev–Trinajstić information content (AvgIpc) is 2.38. The molecule has 92 valence electrons. The molecule has 5 heteroatoms. The normalized spacial score (nSPS) is 12.8. The van der Waals surface area contributed by atoms with Gasteiger partial charge in [-0.1, -0.05) is 18.2 Å². The molecule has 0 aliphatic rings. The summed E-state index contributed by atoms with van der Waals surface area (Å²) in [4.78, 5) is 11.6. The number of H-pyrrole nitrogens is 1. The van der Waals surface area contributed by atoms with Gasteiger partial charge in [0.2, 0.25) is 0 Å². The molecule has 0 bridgehead atoms. The monoisotopic (exact) mass is 260 g/mol. The van der Waals surface area contributed by atoms with E-state index in [1.165, 1.54) is 6.07 Å². The first kappa shape index (κ1) is 12.6. The summed E-state index contributed by atoms with van der Waals surface area (Å²) in [5.74, 6) is 0. The Kier molecular flexibility index (Phi) is 3.96. The number of hydrogen-bond donors (Lipinski definition) is 1. The predicted molar refractivity (Wildman–Crippen MR) is 72.6 cm³/mol. The summed E-state index contributed by atoms with van der Waals surface area (Å²) in [7, 11) is 0. The molecule has 0 saturated heterocycles. The SMILES string of the molecule is C[S+]([O-])c1cccc(C=Cc2ccc(=O)[nH]n2)c1. The van der Waals surface area contributed by atoms with Crippen LogP contribution in [0, 0.1) is 0 Å². The van der Waals surface area contributed by atoms with Crippen molar-refractivity contribution in [3.63, 3.8) is 0 Å². The molecule has 1 aromatic carbocycles. The van der Waals surface area contributed by atoms with Gasteiger partial charge in [0.15, 0.2) is 4.90 Å². The third-order valence-electron chi connectivity index (χ3n) is 2.34. The van der Waals surface area contributed by atoms with Crippen LogP contribution >= 0.6 is 0 Å². The van der Waals surface area contributed by atoms with Crippen LogP contribution in [-0.4, -0.2) is 21.0 Å².